The van der Waals surface area contributed by atoms with Crippen molar-refractivity contribution in [2.75, 3.05) is 0 Å². The molecule has 0 rings (SSSR count). The Morgan fingerprint density at radius 1 is 0.929 bits per heavy atom. The summed E-state index contributed by atoms with van der Waals surface area (Å²) < 4.78 is 22.9. The van der Waals surface area contributed by atoms with E-state index in [1.807, 2.05) is 41.5 Å². The van der Waals surface area contributed by atoms with E-state index >= 15 is 0 Å². The largest absolute Gasteiger partial charge is 0.389 e. The summed E-state index contributed by atoms with van der Waals surface area (Å²) in [5.41, 5.74) is 0. The van der Waals surface area contributed by atoms with Crippen molar-refractivity contribution in [3.63, 3.8) is 0 Å². The van der Waals surface area contributed by atoms with E-state index in [-0.39, 0.29) is 17.5 Å². The van der Waals surface area contributed by atoms with Gasteiger partial charge in [0.2, 0.25) is 0 Å². The van der Waals surface area contributed by atoms with Crippen LogP contribution in [0.15, 0.2) is 0 Å². The first kappa shape index (κ1) is 14.5. The van der Waals surface area contributed by atoms with Crippen LogP contribution in [0.25, 0.3) is 0 Å². The molecule has 0 aromatic heterocycles. The number of hydrogen-bond acceptors (Lipinski definition) is 4. The fraction of sp³-hybridized carbons (Fsp3) is 1.00. The molecule has 0 saturated carbocycles. The summed E-state index contributed by atoms with van der Waals surface area (Å²) in [4.78, 5) is 0. The fourth-order valence-corrected chi connectivity index (χ4v) is 5.43. The molecule has 5 heteroatoms. The summed E-state index contributed by atoms with van der Waals surface area (Å²) in [7, 11) is 0. The van der Waals surface area contributed by atoms with Gasteiger partial charge in [0.1, 0.15) is 0 Å². The van der Waals surface area contributed by atoms with Gasteiger partial charge in [-0.15, -0.1) is 0 Å². The monoisotopic (exact) mass is 240 g/mol. The second kappa shape index (κ2) is 6.16. The Morgan fingerprint density at radius 3 is 1.50 bits per heavy atom. The summed E-state index contributed by atoms with van der Waals surface area (Å²) >= 11 is 1.27. The molecule has 0 spiro atoms. The molecule has 0 fully saturated rings. The molecule has 0 saturated heterocycles. The maximum atomic E-state index is 12.2. The van der Waals surface area contributed by atoms with Crippen LogP contribution in [0.1, 0.15) is 41.5 Å². The van der Waals surface area contributed by atoms with Gasteiger partial charge in [-0.05, 0) is 39.1 Å². The van der Waals surface area contributed by atoms with Crippen molar-refractivity contribution in [1.82, 2.24) is 0 Å². The maximum absolute atomic E-state index is 12.2. The van der Waals surface area contributed by atoms with Crippen molar-refractivity contribution in [1.29, 1.82) is 0 Å². The van der Waals surface area contributed by atoms with E-state index in [1.165, 1.54) is 11.4 Å². The van der Waals surface area contributed by atoms with E-state index in [9.17, 15) is 4.57 Å². The Morgan fingerprint density at radius 2 is 1.29 bits per heavy atom. The van der Waals surface area contributed by atoms with Crippen LogP contribution in [0.2, 0.25) is 0 Å². The molecule has 0 heterocycles. The lowest BCUT2D eigenvalue weighted by molar-refractivity contribution is 0.155. The lowest BCUT2D eigenvalue weighted by Gasteiger charge is -2.23. The van der Waals surface area contributed by atoms with Crippen LogP contribution in [-0.2, 0) is 13.6 Å². The van der Waals surface area contributed by atoms with Crippen molar-refractivity contribution < 1.29 is 13.6 Å². The van der Waals surface area contributed by atoms with Gasteiger partial charge in [0.25, 0.3) is 0 Å². The quantitative estimate of drug-likeness (QED) is 0.655. The van der Waals surface area contributed by atoms with Gasteiger partial charge >= 0.3 is 6.80 Å². The Hall–Kier alpha value is 0.500. The highest BCUT2D eigenvalue weighted by Gasteiger charge is 2.29. The SMILES string of the molecule is CC(C)OP(=O)(OC(C)C)SC(C)C. The Kier molecular flexibility index (Phi) is 6.38. The Bertz CT molecular complexity index is 171. The number of hydrogen-bond donors (Lipinski definition) is 0. The molecule has 0 unspecified atom stereocenters. The Labute approximate surface area is 91.2 Å². The predicted molar refractivity (Wildman–Crippen MR) is 62.8 cm³/mol. The van der Waals surface area contributed by atoms with Gasteiger partial charge in [-0.25, -0.2) is 4.57 Å². The van der Waals surface area contributed by atoms with E-state index in [1.54, 1.807) is 0 Å². The van der Waals surface area contributed by atoms with Crippen LogP contribution >= 0.6 is 18.2 Å². The van der Waals surface area contributed by atoms with Gasteiger partial charge in [0.15, 0.2) is 0 Å². The summed E-state index contributed by atoms with van der Waals surface area (Å²) in [5, 5.41) is 0.235. The molecule has 0 aliphatic heterocycles. The molecule has 0 aliphatic rings. The highest BCUT2D eigenvalue weighted by atomic mass is 32.7. The van der Waals surface area contributed by atoms with E-state index in [0.717, 1.165) is 0 Å². The first-order chi connectivity index (χ1) is 6.25. The van der Waals surface area contributed by atoms with Crippen molar-refractivity contribution >= 4 is 18.2 Å². The molecule has 0 aromatic carbocycles. The topological polar surface area (TPSA) is 35.5 Å². The minimum atomic E-state index is -2.97. The van der Waals surface area contributed by atoms with Crippen molar-refractivity contribution in [3.8, 4) is 0 Å². The normalized spacial score (nSPS) is 13.2. The van der Waals surface area contributed by atoms with Gasteiger partial charge in [-0.1, -0.05) is 13.8 Å². The molecular formula is C9H21O3PS. The van der Waals surface area contributed by atoms with Crippen LogP contribution in [-0.4, -0.2) is 17.5 Å². The van der Waals surface area contributed by atoms with Gasteiger partial charge in [-0.3, -0.25) is 9.05 Å². The van der Waals surface area contributed by atoms with E-state index in [0.29, 0.717) is 0 Å². The minimum Gasteiger partial charge on any atom is -0.298 e. The summed E-state index contributed by atoms with van der Waals surface area (Å²) in [5.74, 6) is 0. The average Bonchev–Trinajstić information content (AvgIpc) is 1.76. The van der Waals surface area contributed by atoms with Crippen LogP contribution in [0.3, 0.4) is 0 Å². The maximum Gasteiger partial charge on any atom is 0.389 e. The van der Waals surface area contributed by atoms with Crippen LogP contribution in [0.4, 0.5) is 0 Å². The first-order valence-electron chi connectivity index (χ1n) is 4.90. The highest BCUT2D eigenvalue weighted by Crippen LogP contribution is 2.63. The van der Waals surface area contributed by atoms with Crippen molar-refractivity contribution in [3.05, 3.63) is 0 Å². The van der Waals surface area contributed by atoms with Gasteiger partial charge in [0.05, 0.1) is 12.2 Å². The molecule has 0 aromatic rings. The molecule has 0 radical (unpaired) electrons. The highest BCUT2D eigenvalue weighted by molar-refractivity contribution is 8.55. The third kappa shape index (κ3) is 6.88. The molecule has 86 valence electrons. The van der Waals surface area contributed by atoms with Gasteiger partial charge in [0, 0.05) is 5.25 Å². The zero-order valence-corrected chi connectivity index (χ0v) is 11.5. The fourth-order valence-electron chi connectivity index (χ4n) is 0.849. The Balaban J connectivity index is 4.41. The zero-order valence-electron chi connectivity index (χ0n) is 9.81. The summed E-state index contributed by atoms with van der Waals surface area (Å²) in [6.45, 7) is 8.42. The third-order valence-electron chi connectivity index (χ3n) is 1.02. The molecule has 0 amide bonds. The van der Waals surface area contributed by atoms with Crippen molar-refractivity contribution in [2.45, 2.75) is 59.0 Å². The van der Waals surface area contributed by atoms with Gasteiger partial charge < -0.3 is 0 Å². The van der Waals surface area contributed by atoms with E-state index < -0.39 is 6.80 Å². The second-order valence-electron chi connectivity index (χ2n) is 3.91. The van der Waals surface area contributed by atoms with Crippen LogP contribution in [0, 0.1) is 0 Å². The standard InChI is InChI=1S/C9H21O3PS/c1-7(2)11-13(10,12-8(3)4)14-9(5)6/h7-9H,1-6H3. The lowest BCUT2D eigenvalue weighted by atomic mass is 10.5. The molecule has 3 nitrogen and oxygen atoms in total. The number of rotatable bonds is 6. The van der Waals surface area contributed by atoms with E-state index in [2.05, 4.69) is 0 Å². The zero-order chi connectivity index (χ0) is 11.4. The second-order valence-corrected chi connectivity index (χ2v) is 8.35. The smallest absolute Gasteiger partial charge is 0.298 e. The molecule has 0 bridgehead atoms. The van der Waals surface area contributed by atoms with Crippen molar-refractivity contribution in [2.24, 2.45) is 0 Å². The molecule has 0 N–H and O–H groups in total. The summed E-state index contributed by atoms with van der Waals surface area (Å²) in [6, 6.07) is 0. The molecule has 0 aliphatic carbocycles. The third-order valence-corrected chi connectivity index (χ3v) is 5.62. The predicted octanol–water partition coefficient (Wildman–Crippen LogP) is 4.09. The summed E-state index contributed by atoms with van der Waals surface area (Å²) in [6.07, 6.45) is -0.156. The molecule has 14 heavy (non-hydrogen) atoms. The molecule has 0 atom stereocenters. The van der Waals surface area contributed by atoms with E-state index in [4.69, 9.17) is 9.05 Å². The first-order valence-corrected chi connectivity index (χ1v) is 7.93. The van der Waals surface area contributed by atoms with Crippen LogP contribution < -0.4 is 0 Å². The molecular weight excluding hydrogens is 219 g/mol. The average molecular weight is 240 g/mol. The van der Waals surface area contributed by atoms with Gasteiger partial charge in [-0.2, -0.15) is 0 Å². The minimum absolute atomic E-state index is 0.0779. The lowest BCUT2D eigenvalue weighted by Crippen LogP contribution is -2.07. The van der Waals surface area contributed by atoms with Crippen LogP contribution in [0.5, 0.6) is 0 Å².